The molecule has 0 atom stereocenters. The van der Waals surface area contributed by atoms with E-state index in [4.69, 9.17) is 14.2 Å². The summed E-state index contributed by atoms with van der Waals surface area (Å²) >= 11 is 0. The Morgan fingerprint density at radius 2 is 1.54 bits per heavy atom. The second-order valence-electron chi connectivity index (χ2n) is 6.50. The molecular weight excluding hydrogens is 300 g/mol. The Morgan fingerprint density at radius 3 is 2.29 bits per heavy atom. The van der Waals surface area contributed by atoms with Gasteiger partial charge in [0.2, 0.25) is 6.79 Å². The summed E-state index contributed by atoms with van der Waals surface area (Å²) in [5.74, 6) is 1.67. The lowest BCUT2D eigenvalue weighted by atomic mass is 10.1. The highest BCUT2D eigenvalue weighted by atomic mass is 16.7. The van der Waals surface area contributed by atoms with Crippen molar-refractivity contribution < 1.29 is 14.2 Å². The summed E-state index contributed by atoms with van der Waals surface area (Å²) in [6.45, 7) is 5.58. The maximum atomic E-state index is 5.76. The Morgan fingerprint density at radius 1 is 0.875 bits per heavy atom. The van der Waals surface area contributed by atoms with Crippen molar-refractivity contribution >= 4 is 0 Å². The molecule has 0 amide bonds. The van der Waals surface area contributed by atoms with Crippen LogP contribution in [0.3, 0.4) is 0 Å². The van der Waals surface area contributed by atoms with Gasteiger partial charge < -0.3 is 14.2 Å². The second kappa shape index (κ2) is 12.0. The molecule has 0 radical (unpaired) electrons. The summed E-state index contributed by atoms with van der Waals surface area (Å²) in [6.07, 6.45) is 15.1. The predicted molar refractivity (Wildman–Crippen MR) is 98.6 cm³/mol. The van der Waals surface area contributed by atoms with Crippen LogP contribution in [0, 0.1) is 0 Å². The molecule has 0 saturated heterocycles. The van der Waals surface area contributed by atoms with E-state index >= 15 is 0 Å². The topological polar surface area (TPSA) is 27.7 Å². The summed E-state index contributed by atoms with van der Waals surface area (Å²) < 4.78 is 16.4. The molecule has 0 spiro atoms. The van der Waals surface area contributed by atoms with Gasteiger partial charge in [0.15, 0.2) is 11.5 Å². The zero-order chi connectivity index (χ0) is 16.9. The van der Waals surface area contributed by atoms with E-state index in [2.05, 4.69) is 6.58 Å². The monoisotopic (exact) mass is 332 g/mol. The van der Waals surface area contributed by atoms with Crippen LogP contribution in [0.15, 0.2) is 30.9 Å². The zero-order valence-electron chi connectivity index (χ0n) is 14.9. The second-order valence-corrected chi connectivity index (χ2v) is 6.50. The molecule has 1 aliphatic heterocycles. The molecule has 1 aliphatic rings. The fourth-order valence-electron chi connectivity index (χ4n) is 2.95. The third-order valence-electron chi connectivity index (χ3n) is 4.40. The van der Waals surface area contributed by atoms with Gasteiger partial charge >= 0.3 is 0 Å². The van der Waals surface area contributed by atoms with E-state index in [0.29, 0.717) is 13.4 Å². The van der Waals surface area contributed by atoms with Gasteiger partial charge in [0.05, 0.1) is 6.61 Å². The first-order valence-corrected chi connectivity index (χ1v) is 9.47. The first-order chi connectivity index (χ1) is 11.9. The molecule has 0 aliphatic carbocycles. The lowest BCUT2D eigenvalue weighted by Crippen LogP contribution is -1.96. The number of hydrogen-bond acceptors (Lipinski definition) is 3. The van der Waals surface area contributed by atoms with Gasteiger partial charge in [0, 0.05) is 6.61 Å². The minimum Gasteiger partial charge on any atom is -0.454 e. The smallest absolute Gasteiger partial charge is 0.231 e. The van der Waals surface area contributed by atoms with Crippen LogP contribution in [0.2, 0.25) is 0 Å². The summed E-state index contributed by atoms with van der Waals surface area (Å²) in [4.78, 5) is 0. The van der Waals surface area contributed by atoms with Crippen LogP contribution in [-0.2, 0) is 11.3 Å². The van der Waals surface area contributed by atoms with Gasteiger partial charge in [-0.25, -0.2) is 0 Å². The molecule has 3 heteroatoms. The largest absolute Gasteiger partial charge is 0.454 e. The van der Waals surface area contributed by atoms with Gasteiger partial charge in [-0.1, -0.05) is 57.1 Å². The van der Waals surface area contributed by atoms with Gasteiger partial charge in [0.1, 0.15) is 0 Å². The molecule has 0 bridgehead atoms. The maximum Gasteiger partial charge on any atom is 0.231 e. The zero-order valence-corrected chi connectivity index (χ0v) is 14.9. The number of fused-ring (bicyclic) bond motifs is 1. The van der Waals surface area contributed by atoms with Crippen molar-refractivity contribution in [3.05, 3.63) is 36.4 Å². The van der Waals surface area contributed by atoms with Crippen molar-refractivity contribution in [3.8, 4) is 11.5 Å². The number of rotatable bonds is 14. The highest BCUT2D eigenvalue weighted by Gasteiger charge is 2.12. The van der Waals surface area contributed by atoms with Crippen LogP contribution in [0.1, 0.15) is 69.8 Å². The third-order valence-corrected chi connectivity index (χ3v) is 4.40. The van der Waals surface area contributed by atoms with Gasteiger partial charge in [-0.2, -0.15) is 0 Å². The predicted octanol–water partition coefficient (Wildman–Crippen LogP) is 6.02. The van der Waals surface area contributed by atoms with E-state index in [1.807, 2.05) is 24.3 Å². The molecule has 24 heavy (non-hydrogen) atoms. The molecule has 0 N–H and O–H groups in total. The number of hydrogen-bond donors (Lipinski definition) is 0. The van der Waals surface area contributed by atoms with Crippen LogP contribution >= 0.6 is 0 Å². The Bertz CT molecular complexity index is 470. The molecule has 0 aromatic heterocycles. The van der Waals surface area contributed by atoms with E-state index in [0.717, 1.165) is 30.1 Å². The molecule has 2 rings (SSSR count). The van der Waals surface area contributed by atoms with Crippen molar-refractivity contribution in [2.75, 3.05) is 13.4 Å². The molecule has 1 heterocycles. The number of ether oxygens (including phenoxy) is 3. The van der Waals surface area contributed by atoms with Crippen molar-refractivity contribution in [1.29, 1.82) is 0 Å². The average Bonchev–Trinajstić information content (AvgIpc) is 3.07. The SMILES string of the molecule is C=CCCCCCCCCCCCOCc1ccc2c(c1)OCO2. The van der Waals surface area contributed by atoms with E-state index in [1.54, 1.807) is 0 Å². The number of unbranched alkanes of at least 4 members (excludes halogenated alkanes) is 9. The van der Waals surface area contributed by atoms with E-state index in [9.17, 15) is 0 Å². The Balaban J connectivity index is 1.37. The van der Waals surface area contributed by atoms with Gasteiger partial charge in [0.25, 0.3) is 0 Å². The van der Waals surface area contributed by atoms with Gasteiger partial charge in [-0.3, -0.25) is 0 Å². The molecule has 0 saturated carbocycles. The quantitative estimate of drug-likeness (QED) is 0.308. The van der Waals surface area contributed by atoms with E-state index in [-0.39, 0.29) is 0 Å². The van der Waals surface area contributed by atoms with Gasteiger partial charge in [-0.05, 0) is 37.0 Å². The maximum absolute atomic E-state index is 5.76. The van der Waals surface area contributed by atoms with Crippen molar-refractivity contribution in [1.82, 2.24) is 0 Å². The standard InChI is InChI=1S/C21H32O3/c1-2-3-4-5-6-7-8-9-10-11-12-15-22-17-19-13-14-20-21(16-19)24-18-23-20/h2,13-14,16H,1,3-12,15,17-18H2. The van der Waals surface area contributed by atoms with E-state index in [1.165, 1.54) is 57.8 Å². The Kier molecular flexibility index (Phi) is 9.40. The summed E-state index contributed by atoms with van der Waals surface area (Å²) in [6, 6.07) is 6.01. The van der Waals surface area contributed by atoms with Crippen molar-refractivity contribution in [3.63, 3.8) is 0 Å². The minimum absolute atomic E-state index is 0.328. The number of allylic oxidation sites excluding steroid dienone is 1. The van der Waals surface area contributed by atoms with Gasteiger partial charge in [-0.15, -0.1) is 6.58 Å². The van der Waals surface area contributed by atoms with Crippen LogP contribution in [-0.4, -0.2) is 13.4 Å². The van der Waals surface area contributed by atoms with Crippen LogP contribution < -0.4 is 9.47 Å². The molecule has 1 aromatic rings. The van der Waals surface area contributed by atoms with Crippen LogP contribution in [0.5, 0.6) is 11.5 Å². The van der Waals surface area contributed by atoms with E-state index < -0.39 is 0 Å². The Hall–Kier alpha value is -1.48. The lowest BCUT2D eigenvalue weighted by Gasteiger charge is -2.06. The fourth-order valence-corrected chi connectivity index (χ4v) is 2.95. The van der Waals surface area contributed by atoms with Crippen LogP contribution in [0.25, 0.3) is 0 Å². The molecule has 0 unspecified atom stereocenters. The fraction of sp³-hybridized carbons (Fsp3) is 0.619. The highest BCUT2D eigenvalue weighted by Crippen LogP contribution is 2.32. The average molecular weight is 332 g/mol. The minimum atomic E-state index is 0.328. The van der Waals surface area contributed by atoms with Crippen molar-refractivity contribution in [2.45, 2.75) is 70.8 Å². The first kappa shape index (κ1) is 18.9. The first-order valence-electron chi connectivity index (χ1n) is 9.47. The van der Waals surface area contributed by atoms with Crippen molar-refractivity contribution in [2.24, 2.45) is 0 Å². The highest BCUT2D eigenvalue weighted by molar-refractivity contribution is 5.44. The van der Waals surface area contributed by atoms with Crippen LogP contribution in [0.4, 0.5) is 0 Å². The Labute approximate surface area is 147 Å². The lowest BCUT2D eigenvalue weighted by molar-refractivity contribution is 0.116. The molecule has 134 valence electrons. The summed E-state index contributed by atoms with van der Waals surface area (Å²) in [5.41, 5.74) is 1.15. The summed E-state index contributed by atoms with van der Waals surface area (Å²) in [5, 5.41) is 0. The third kappa shape index (κ3) is 7.39. The number of benzene rings is 1. The molecule has 3 nitrogen and oxygen atoms in total. The molecule has 1 aromatic carbocycles. The molecule has 0 fully saturated rings. The summed E-state index contributed by atoms with van der Waals surface area (Å²) in [7, 11) is 0. The normalized spacial score (nSPS) is 12.5. The molecular formula is C21H32O3.